The molecule has 0 aliphatic heterocycles. The molecule has 0 amide bonds. The van der Waals surface area contributed by atoms with Crippen LogP contribution in [0.3, 0.4) is 0 Å². The number of ether oxygens (including phenoxy) is 3. The van der Waals surface area contributed by atoms with Gasteiger partial charge in [-0.1, -0.05) is 36.4 Å². The first-order chi connectivity index (χ1) is 16.9. The molecule has 0 saturated carbocycles. The molecule has 1 N–H and O–H groups in total. The van der Waals surface area contributed by atoms with Crippen LogP contribution in [0.15, 0.2) is 84.9 Å². The van der Waals surface area contributed by atoms with E-state index in [1.807, 2.05) is 106 Å². The quantitative estimate of drug-likeness (QED) is 0.269. The maximum absolute atomic E-state index is 10.9. The van der Waals surface area contributed by atoms with E-state index in [2.05, 4.69) is 0 Å². The Morgan fingerprint density at radius 2 is 1.43 bits per heavy atom. The lowest BCUT2D eigenvalue weighted by molar-refractivity contribution is -0.136. The molecule has 4 aromatic rings. The first kappa shape index (κ1) is 23.9. The van der Waals surface area contributed by atoms with Crippen LogP contribution in [0.1, 0.15) is 28.7 Å². The third kappa shape index (κ3) is 6.42. The van der Waals surface area contributed by atoms with Gasteiger partial charge >= 0.3 is 5.97 Å². The summed E-state index contributed by atoms with van der Waals surface area (Å²) in [5, 5.41) is 8.93. The van der Waals surface area contributed by atoms with Crippen molar-refractivity contribution in [3.8, 4) is 34.5 Å². The molecular formula is C30H28O5. The zero-order valence-corrected chi connectivity index (χ0v) is 20.1. The molecule has 5 heteroatoms. The summed E-state index contributed by atoms with van der Waals surface area (Å²) in [6.45, 7) is 5.93. The smallest absolute Gasteiger partial charge is 0.303 e. The van der Waals surface area contributed by atoms with Gasteiger partial charge in [-0.15, -0.1) is 0 Å². The average molecular weight is 469 g/mol. The summed E-state index contributed by atoms with van der Waals surface area (Å²) in [6, 6.07) is 26.9. The van der Waals surface area contributed by atoms with Crippen LogP contribution < -0.4 is 14.2 Å². The summed E-state index contributed by atoms with van der Waals surface area (Å²) >= 11 is 0. The van der Waals surface area contributed by atoms with Gasteiger partial charge in [-0.2, -0.15) is 0 Å². The molecule has 0 aromatic heterocycles. The number of hydrogen-bond donors (Lipinski definition) is 1. The second kappa shape index (κ2) is 10.8. The van der Waals surface area contributed by atoms with Crippen molar-refractivity contribution in [2.75, 3.05) is 0 Å². The van der Waals surface area contributed by atoms with Gasteiger partial charge in [-0.25, -0.2) is 0 Å². The van der Waals surface area contributed by atoms with Gasteiger partial charge in [-0.3, -0.25) is 4.79 Å². The summed E-state index contributed by atoms with van der Waals surface area (Å²) in [6.07, 6.45) is 0.600. The summed E-state index contributed by atoms with van der Waals surface area (Å²) in [4.78, 5) is 10.9. The zero-order chi connectivity index (χ0) is 24.8. The Balaban J connectivity index is 1.54. The van der Waals surface area contributed by atoms with E-state index >= 15 is 0 Å². The Labute approximate surface area is 205 Å². The number of carbonyl (C=O) groups is 1. The highest BCUT2D eigenvalue weighted by atomic mass is 16.5. The first-order valence-electron chi connectivity index (χ1n) is 11.5. The molecule has 0 saturated heterocycles. The fraction of sp³-hybridized carbons (Fsp3) is 0.167. The highest BCUT2D eigenvalue weighted by Crippen LogP contribution is 2.39. The lowest BCUT2D eigenvalue weighted by Crippen LogP contribution is -1.99. The van der Waals surface area contributed by atoms with Crippen molar-refractivity contribution in [2.24, 2.45) is 0 Å². The molecule has 5 nitrogen and oxygen atoms in total. The average Bonchev–Trinajstić information content (AvgIpc) is 2.81. The van der Waals surface area contributed by atoms with E-state index in [1.165, 1.54) is 0 Å². The van der Waals surface area contributed by atoms with Crippen LogP contribution in [0.25, 0.3) is 0 Å². The van der Waals surface area contributed by atoms with Crippen LogP contribution in [0.2, 0.25) is 0 Å². The Hall–Kier alpha value is -4.25. The maximum atomic E-state index is 10.9. The highest BCUT2D eigenvalue weighted by Gasteiger charge is 2.12. The lowest BCUT2D eigenvalue weighted by atomic mass is 10.0. The molecule has 0 radical (unpaired) electrons. The minimum Gasteiger partial charge on any atom is -0.481 e. The third-order valence-electron chi connectivity index (χ3n) is 5.55. The Bertz CT molecular complexity index is 1330. The Kier molecular flexibility index (Phi) is 7.36. The Morgan fingerprint density at radius 1 is 0.686 bits per heavy atom. The fourth-order valence-corrected chi connectivity index (χ4v) is 3.79. The summed E-state index contributed by atoms with van der Waals surface area (Å²) < 4.78 is 18.5. The standard InChI is InChI=1S/C30H28O5/c1-20-16-26(33-25-14-12-23(22(3)18-25)13-15-29(31)32)19-27(17-20)34-28-11-7-8-21(2)30(28)35-24-9-5-4-6-10-24/h4-12,14,16-19H,13,15H2,1-3H3,(H,31,32). The molecule has 0 aliphatic carbocycles. The van der Waals surface area contributed by atoms with Crippen LogP contribution in [-0.2, 0) is 11.2 Å². The number of rotatable bonds is 9. The molecule has 178 valence electrons. The monoisotopic (exact) mass is 468 g/mol. The molecule has 35 heavy (non-hydrogen) atoms. The number of aliphatic carboxylic acids is 1. The van der Waals surface area contributed by atoms with E-state index in [0.29, 0.717) is 35.2 Å². The van der Waals surface area contributed by atoms with Crippen LogP contribution in [0, 0.1) is 20.8 Å². The fourth-order valence-electron chi connectivity index (χ4n) is 3.79. The van der Waals surface area contributed by atoms with Crippen molar-refractivity contribution in [1.29, 1.82) is 0 Å². The van der Waals surface area contributed by atoms with Crippen molar-refractivity contribution in [1.82, 2.24) is 0 Å². The number of carboxylic acid groups (broad SMARTS) is 1. The zero-order valence-electron chi connectivity index (χ0n) is 20.1. The van der Waals surface area contributed by atoms with Crippen molar-refractivity contribution in [2.45, 2.75) is 33.6 Å². The van der Waals surface area contributed by atoms with Gasteiger partial charge in [0.2, 0.25) is 0 Å². The van der Waals surface area contributed by atoms with E-state index in [4.69, 9.17) is 19.3 Å². The predicted molar refractivity (Wildman–Crippen MR) is 136 cm³/mol. The molecule has 0 atom stereocenters. The summed E-state index contributed by atoms with van der Waals surface area (Å²) in [5.74, 6) is 3.18. The number of aryl methyl sites for hydroxylation is 4. The normalized spacial score (nSPS) is 10.6. The molecule has 0 spiro atoms. The van der Waals surface area contributed by atoms with E-state index in [0.717, 1.165) is 28.0 Å². The van der Waals surface area contributed by atoms with Gasteiger partial charge in [0.1, 0.15) is 23.0 Å². The van der Waals surface area contributed by atoms with Crippen molar-refractivity contribution < 1.29 is 24.1 Å². The van der Waals surface area contributed by atoms with E-state index in [1.54, 1.807) is 0 Å². The number of benzene rings is 4. The highest BCUT2D eigenvalue weighted by molar-refractivity contribution is 5.67. The molecule has 4 rings (SSSR count). The van der Waals surface area contributed by atoms with Gasteiger partial charge in [-0.05, 0) is 91.9 Å². The largest absolute Gasteiger partial charge is 0.481 e. The van der Waals surface area contributed by atoms with Crippen molar-refractivity contribution in [3.63, 3.8) is 0 Å². The van der Waals surface area contributed by atoms with E-state index < -0.39 is 5.97 Å². The van der Waals surface area contributed by atoms with Crippen molar-refractivity contribution in [3.05, 3.63) is 107 Å². The molecule has 0 fully saturated rings. The van der Waals surface area contributed by atoms with E-state index in [9.17, 15) is 4.79 Å². The lowest BCUT2D eigenvalue weighted by Gasteiger charge is -2.16. The topological polar surface area (TPSA) is 65.0 Å². The summed E-state index contributed by atoms with van der Waals surface area (Å²) in [7, 11) is 0. The summed E-state index contributed by atoms with van der Waals surface area (Å²) in [5.41, 5.74) is 3.95. The second-order valence-electron chi connectivity index (χ2n) is 8.49. The molecule has 0 bridgehead atoms. The molecule has 0 heterocycles. The molecule has 4 aromatic carbocycles. The second-order valence-corrected chi connectivity index (χ2v) is 8.49. The van der Waals surface area contributed by atoms with E-state index in [-0.39, 0.29) is 6.42 Å². The van der Waals surface area contributed by atoms with Crippen LogP contribution in [0.4, 0.5) is 0 Å². The Morgan fingerprint density at radius 3 is 2.14 bits per heavy atom. The number of carboxylic acids is 1. The molecule has 0 unspecified atom stereocenters. The third-order valence-corrected chi connectivity index (χ3v) is 5.55. The van der Waals surface area contributed by atoms with Gasteiger partial charge < -0.3 is 19.3 Å². The van der Waals surface area contributed by atoms with Gasteiger partial charge in [0, 0.05) is 12.5 Å². The predicted octanol–water partition coefficient (Wildman–Crippen LogP) is 8.01. The van der Waals surface area contributed by atoms with Crippen LogP contribution >= 0.6 is 0 Å². The minimum absolute atomic E-state index is 0.106. The van der Waals surface area contributed by atoms with Gasteiger partial charge in [0.05, 0.1) is 0 Å². The van der Waals surface area contributed by atoms with Crippen molar-refractivity contribution >= 4 is 5.97 Å². The van der Waals surface area contributed by atoms with Crippen LogP contribution in [-0.4, -0.2) is 11.1 Å². The number of para-hydroxylation sites is 2. The van der Waals surface area contributed by atoms with Gasteiger partial charge in [0.15, 0.2) is 11.5 Å². The SMILES string of the molecule is Cc1cc(Oc2ccc(CCC(=O)O)c(C)c2)cc(Oc2cccc(C)c2Oc2ccccc2)c1. The minimum atomic E-state index is -0.803. The van der Waals surface area contributed by atoms with Crippen LogP contribution in [0.5, 0.6) is 34.5 Å². The number of hydrogen-bond acceptors (Lipinski definition) is 4. The maximum Gasteiger partial charge on any atom is 0.303 e. The van der Waals surface area contributed by atoms with Gasteiger partial charge in [0.25, 0.3) is 0 Å². The first-order valence-corrected chi connectivity index (χ1v) is 11.5. The molecular weight excluding hydrogens is 440 g/mol. The molecule has 0 aliphatic rings.